The molecule has 0 bridgehead atoms. The van der Waals surface area contributed by atoms with Gasteiger partial charge in [0, 0.05) is 6.20 Å². The number of methoxy groups -OCH3 is 1. The third kappa shape index (κ3) is 3.20. The SMILES string of the molecule is C=CCc1cc(N=Nc2cccnc2)c(O)c(OC)c1. The molecule has 0 aliphatic heterocycles. The van der Waals surface area contributed by atoms with Gasteiger partial charge in [-0.25, -0.2) is 0 Å². The van der Waals surface area contributed by atoms with Crippen LogP contribution in [0.15, 0.2) is 59.5 Å². The van der Waals surface area contributed by atoms with E-state index in [4.69, 9.17) is 4.74 Å². The van der Waals surface area contributed by atoms with Crippen molar-refractivity contribution in [2.75, 3.05) is 7.11 Å². The number of aromatic nitrogens is 1. The number of allylic oxidation sites excluding steroid dienone is 1. The number of nitrogens with zero attached hydrogens (tertiary/aromatic N) is 3. The van der Waals surface area contributed by atoms with Crippen molar-refractivity contribution in [3.63, 3.8) is 0 Å². The average Bonchev–Trinajstić information content (AvgIpc) is 2.48. The molecule has 102 valence electrons. The Morgan fingerprint density at radius 3 is 2.90 bits per heavy atom. The summed E-state index contributed by atoms with van der Waals surface area (Å²) < 4.78 is 5.13. The fourth-order valence-corrected chi connectivity index (χ4v) is 1.69. The smallest absolute Gasteiger partial charge is 0.185 e. The summed E-state index contributed by atoms with van der Waals surface area (Å²) >= 11 is 0. The standard InChI is InChI=1S/C15H15N3O2/c1-3-5-11-8-13(15(19)14(9-11)20-2)18-17-12-6-4-7-16-10-12/h3-4,6-10,19H,1,5H2,2H3. The largest absolute Gasteiger partial charge is 0.503 e. The van der Waals surface area contributed by atoms with Gasteiger partial charge in [-0.15, -0.1) is 16.8 Å². The molecule has 1 aromatic carbocycles. The first-order valence-electron chi connectivity index (χ1n) is 6.07. The highest BCUT2D eigenvalue weighted by Crippen LogP contribution is 2.38. The highest BCUT2D eigenvalue weighted by molar-refractivity contribution is 5.61. The van der Waals surface area contributed by atoms with Crippen LogP contribution in [-0.2, 0) is 6.42 Å². The van der Waals surface area contributed by atoms with E-state index in [0.29, 0.717) is 23.5 Å². The number of rotatable bonds is 5. The van der Waals surface area contributed by atoms with Crippen LogP contribution in [0.25, 0.3) is 0 Å². The summed E-state index contributed by atoms with van der Waals surface area (Å²) in [5, 5.41) is 18.1. The van der Waals surface area contributed by atoms with Crippen LogP contribution in [0.3, 0.4) is 0 Å². The second kappa shape index (κ2) is 6.47. The number of pyridine rings is 1. The lowest BCUT2D eigenvalue weighted by atomic mass is 10.1. The average molecular weight is 269 g/mol. The Labute approximate surface area is 117 Å². The van der Waals surface area contributed by atoms with E-state index in [1.165, 1.54) is 7.11 Å². The summed E-state index contributed by atoms with van der Waals surface area (Å²) in [4.78, 5) is 3.95. The Bertz CT molecular complexity index is 625. The van der Waals surface area contributed by atoms with Gasteiger partial charge in [0.1, 0.15) is 11.4 Å². The van der Waals surface area contributed by atoms with Gasteiger partial charge < -0.3 is 9.84 Å². The Morgan fingerprint density at radius 1 is 1.40 bits per heavy atom. The third-order valence-electron chi connectivity index (χ3n) is 2.63. The molecule has 2 aromatic rings. The molecule has 0 saturated carbocycles. The van der Waals surface area contributed by atoms with Crippen LogP contribution in [0, 0.1) is 0 Å². The van der Waals surface area contributed by atoms with Crippen LogP contribution in [0.1, 0.15) is 5.56 Å². The van der Waals surface area contributed by atoms with Gasteiger partial charge in [0.05, 0.1) is 13.3 Å². The lowest BCUT2D eigenvalue weighted by Crippen LogP contribution is -1.88. The summed E-state index contributed by atoms with van der Waals surface area (Å²) in [6.45, 7) is 3.69. The van der Waals surface area contributed by atoms with Gasteiger partial charge >= 0.3 is 0 Å². The third-order valence-corrected chi connectivity index (χ3v) is 2.63. The van der Waals surface area contributed by atoms with Crippen molar-refractivity contribution in [2.45, 2.75) is 6.42 Å². The van der Waals surface area contributed by atoms with Gasteiger partial charge in [0.25, 0.3) is 0 Å². The van der Waals surface area contributed by atoms with E-state index in [1.807, 2.05) is 0 Å². The molecule has 2 rings (SSSR count). The topological polar surface area (TPSA) is 67.1 Å². The van der Waals surface area contributed by atoms with E-state index in [1.54, 1.807) is 42.7 Å². The molecule has 0 saturated heterocycles. The van der Waals surface area contributed by atoms with Gasteiger partial charge in [-0.3, -0.25) is 4.98 Å². The van der Waals surface area contributed by atoms with E-state index in [-0.39, 0.29) is 5.75 Å². The molecule has 1 N–H and O–H groups in total. The Morgan fingerprint density at radius 2 is 2.25 bits per heavy atom. The monoisotopic (exact) mass is 269 g/mol. The minimum absolute atomic E-state index is 0.0343. The normalized spacial score (nSPS) is 10.7. The fourth-order valence-electron chi connectivity index (χ4n) is 1.69. The van der Waals surface area contributed by atoms with E-state index < -0.39 is 0 Å². The molecule has 5 nitrogen and oxygen atoms in total. The molecule has 0 aliphatic rings. The lowest BCUT2D eigenvalue weighted by molar-refractivity contribution is 0.374. The highest BCUT2D eigenvalue weighted by Gasteiger charge is 2.10. The highest BCUT2D eigenvalue weighted by atomic mass is 16.5. The van der Waals surface area contributed by atoms with Gasteiger partial charge in [-0.1, -0.05) is 6.08 Å². The molecule has 1 heterocycles. The van der Waals surface area contributed by atoms with Crippen LogP contribution in [-0.4, -0.2) is 17.2 Å². The molecule has 0 amide bonds. The predicted octanol–water partition coefficient (Wildman–Crippen LogP) is 3.94. The zero-order chi connectivity index (χ0) is 14.4. The summed E-state index contributed by atoms with van der Waals surface area (Å²) in [7, 11) is 1.49. The van der Waals surface area contributed by atoms with Crippen LogP contribution in [0.4, 0.5) is 11.4 Å². The molecule has 0 fully saturated rings. The zero-order valence-electron chi connectivity index (χ0n) is 11.2. The molecule has 0 atom stereocenters. The van der Waals surface area contributed by atoms with Crippen molar-refractivity contribution in [1.82, 2.24) is 4.98 Å². The van der Waals surface area contributed by atoms with Crippen molar-refractivity contribution in [3.8, 4) is 11.5 Å². The number of hydrogen-bond acceptors (Lipinski definition) is 5. The van der Waals surface area contributed by atoms with E-state index in [2.05, 4.69) is 21.8 Å². The number of benzene rings is 1. The first-order valence-corrected chi connectivity index (χ1v) is 6.07. The molecular formula is C15H15N3O2. The summed E-state index contributed by atoms with van der Waals surface area (Å²) in [6.07, 6.45) is 5.68. The zero-order valence-corrected chi connectivity index (χ0v) is 11.2. The van der Waals surface area contributed by atoms with Crippen LogP contribution in [0.2, 0.25) is 0 Å². The van der Waals surface area contributed by atoms with Gasteiger partial charge in [0.15, 0.2) is 11.5 Å². The summed E-state index contributed by atoms with van der Waals surface area (Å²) in [5.74, 6) is 0.331. The minimum atomic E-state index is -0.0343. The van der Waals surface area contributed by atoms with Crippen LogP contribution >= 0.6 is 0 Å². The number of phenols is 1. The molecule has 0 radical (unpaired) electrons. The number of azo groups is 1. The van der Waals surface area contributed by atoms with Crippen molar-refractivity contribution in [1.29, 1.82) is 0 Å². The van der Waals surface area contributed by atoms with Gasteiger partial charge in [0.2, 0.25) is 0 Å². The van der Waals surface area contributed by atoms with Crippen LogP contribution < -0.4 is 4.74 Å². The predicted molar refractivity (Wildman–Crippen MR) is 77.0 cm³/mol. The molecule has 20 heavy (non-hydrogen) atoms. The van der Waals surface area contributed by atoms with Crippen LogP contribution in [0.5, 0.6) is 11.5 Å². The first kappa shape index (κ1) is 13.7. The van der Waals surface area contributed by atoms with Crippen molar-refractivity contribution in [2.24, 2.45) is 10.2 Å². The fraction of sp³-hybridized carbons (Fsp3) is 0.133. The Hall–Kier alpha value is -2.69. The van der Waals surface area contributed by atoms with E-state index >= 15 is 0 Å². The second-order valence-corrected chi connectivity index (χ2v) is 4.07. The second-order valence-electron chi connectivity index (χ2n) is 4.07. The Balaban J connectivity index is 2.37. The van der Waals surface area contributed by atoms with Gasteiger partial charge in [-0.2, -0.15) is 0 Å². The van der Waals surface area contributed by atoms with Crippen molar-refractivity contribution < 1.29 is 9.84 Å². The maximum absolute atomic E-state index is 10.0. The number of ether oxygens (including phenoxy) is 1. The first-order chi connectivity index (χ1) is 9.74. The number of phenolic OH excluding ortho intramolecular Hbond substituents is 1. The maximum Gasteiger partial charge on any atom is 0.185 e. The van der Waals surface area contributed by atoms with Crippen molar-refractivity contribution >= 4 is 11.4 Å². The summed E-state index contributed by atoms with van der Waals surface area (Å²) in [6, 6.07) is 7.04. The lowest BCUT2D eigenvalue weighted by Gasteiger charge is -2.08. The van der Waals surface area contributed by atoms with E-state index in [9.17, 15) is 5.11 Å². The number of hydrogen-bond donors (Lipinski definition) is 1. The van der Waals surface area contributed by atoms with E-state index in [0.717, 1.165) is 5.56 Å². The quantitative estimate of drug-likeness (QED) is 0.660. The number of aromatic hydroxyl groups is 1. The molecule has 5 heteroatoms. The Kier molecular flexibility index (Phi) is 4.44. The minimum Gasteiger partial charge on any atom is -0.503 e. The summed E-state index contributed by atoms with van der Waals surface area (Å²) in [5.41, 5.74) is 1.90. The molecule has 0 unspecified atom stereocenters. The molecule has 0 aliphatic carbocycles. The molecule has 1 aromatic heterocycles. The molecular weight excluding hydrogens is 254 g/mol. The molecule has 0 spiro atoms. The van der Waals surface area contributed by atoms with Crippen molar-refractivity contribution in [3.05, 3.63) is 54.9 Å². The van der Waals surface area contributed by atoms with Gasteiger partial charge in [-0.05, 0) is 36.2 Å². The maximum atomic E-state index is 10.0.